The molecule has 0 radical (unpaired) electrons. The third-order valence-electron chi connectivity index (χ3n) is 0.493. The van der Waals surface area contributed by atoms with E-state index in [1.165, 1.54) is 0 Å². The van der Waals surface area contributed by atoms with Crippen molar-refractivity contribution < 1.29 is 73.4 Å². The molecular weight excluding hydrogens is 226 g/mol. The SMILES string of the molecule is O=[C-]C(=O)C(=O)C(=O)O.[Na+].[O]=[Co]. The van der Waals surface area contributed by atoms with Crippen molar-refractivity contribution in [3.8, 4) is 0 Å². The van der Waals surface area contributed by atoms with Gasteiger partial charge in [-0.1, -0.05) is 0 Å². The maximum absolute atomic E-state index is 9.86. The number of hydrogen-bond donors (Lipinski definition) is 1. The zero-order valence-corrected chi connectivity index (χ0v) is 8.86. The summed E-state index contributed by atoms with van der Waals surface area (Å²) >= 11 is 2.31. The Labute approximate surface area is 96.8 Å². The summed E-state index contributed by atoms with van der Waals surface area (Å²) in [6.07, 6.45) is 0.627. The Bertz CT molecular complexity index is 202. The van der Waals surface area contributed by atoms with Gasteiger partial charge in [0.15, 0.2) is 5.78 Å². The Morgan fingerprint density at radius 2 is 1.50 bits per heavy atom. The normalized spacial score (nSPS) is 6.42. The van der Waals surface area contributed by atoms with Gasteiger partial charge in [0.2, 0.25) is 0 Å². The number of carboxylic acid groups (broad SMARTS) is 1. The third kappa shape index (κ3) is 7.89. The van der Waals surface area contributed by atoms with Gasteiger partial charge in [-0.05, 0) is 0 Å². The van der Waals surface area contributed by atoms with Crippen molar-refractivity contribution in [3.63, 3.8) is 0 Å². The summed E-state index contributed by atoms with van der Waals surface area (Å²) in [6.45, 7) is 0. The van der Waals surface area contributed by atoms with Crippen LogP contribution >= 0.6 is 0 Å². The number of carbonyl (C=O) groups excluding carboxylic acids is 3. The molecule has 0 saturated heterocycles. The van der Waals surface area contributed by atoms with E-state index in [4.69, 9.17) is 8.97 Å². The molecule has 0 aromatic heterocycles. The van der Waals surface area contributed by atoms with Crippen LogP contribution in [0.25, 0.3) is 0 Å². The third-order valence-corrected chi connectivity index (χ3v) is 0.493. The van der Waals surface area contributed by atoms with Crippen molar-refractivity contribution in [2.45, 2.75) is 0 Å². The molecule has 6 nitrogen and oxygen atoms in total. The molecular formula is C4HCoNaO6. The van der Waals surface area contributed by atoms with Crippen LogP contribution in [-0.2, 0) is 38.7 Å². The molecule has 0 aliphatic carbocycles. The minimum absolute atomic E-state index is 0. The summed E-state index contributed by atoms with van der Waals surface area (Å²) in [4.78, 5) is 38.5. The van der Waals surface area contributed by atoms with Crippen LogP contribution in [0.15, 0.2) is 0 Å². The van der Waals surface area contributed by atoms with Gasteiger partial charge in [-0.2, -0.15) is 0 Å². The van der Waals surface area contributed by atoms with Gasteiger partial charge < -0.3 is 19.5 Å². The Hall–Kier alpha value is -0.214. The fraction of sp³-hybridized carbons (Fsp3) is 0. The summed E-state index contributed by atoms with van der Waals surface area (Å²) in [5.74, 6) is -5.36. The van der Waals surface area contributed by atoms with Gasteiger partial charge >= 0.3 is 49.1 Å². The van der Waals surface area contributed by atoms with Gasteiger partial charge in [-0.3, -0.25) is 4.79 Å². The van der Waals surface area contributed by atoms with Crippen LogP contribution in [0.2, 0.25) is 0 Å². The second kappa shape index (κ2) is 10.8. The molecule has 0 aliphatic heterocycles. The molecule has 0 aliphatic rings. The molecule has 0 aromatic rings. The van der Waals surface area contributed by atoms with Crippen LogP contribution in [0.4, 0.5) is 0 Å². The van der Waals surface area contributed by atoms with Crippen molar-refractivity contribution in [1.29, 1.82) is 0 Å². The summed E-state index contributed by atoms with van der Waals surface area (Å²) in [5, 5.41) is 7.73. The van der Waals surface area contributed by atoms with E-state index in [1.54, 1.807) is 0 Å². The predicted molar refractivity (Wildman–Crippen MR) is 24.0 cm³/mol. The molecule has 0 saturated carbocycles. The number of Topliss-reactive ketones (excluding diaryl/α,β-unsaturated/α-hetero) is 2. The standard InChI is InChI=1S/C4HO5.Co.Na.O/c5-1-2(6)3(7)4(8)9;;;/h(H,8,9);;;/q-1;;+1;. The molecule has 12 heavy (non-hydrogen) atoms. The zero-order valence-electron chi connectivity index (χ0n) is 5.82. The van der Waals surface area contributed by atoms with Crippen LogP contribution in [0.3, 0.4) is 0 Å². The molecule has 1 N–H and O–H groups in total. The van der Waals surface area contributed by atoms with Gasteiger partial charge in [-0.25, -0.2) is 0 Å². The average molecular weight is 227 g/mol. The van der Waals surface area contributed by atoms with E-state index in [0.717, 1.165) is 0 Å². The van der Waals surface area contributed by atoms with E-state index in [1.807, 2.05) is 0 Å². The molecule has 8 heteroatoms. The second-order valence-corrected chi connectivity index (χ2v) is 1.07. The minimum atomic E-state index is -1.94. The summed E-state index contributed by atoms with van der Waals surface area (Å²) < 4.78 is 7.94. The molecule has 0 fully saturated rings. The molecule has 0 spiro atoms. The van der Waals surface area contributed by atoms with E-state index in [0.29, 0.717) is 6.29 Å². The molecule has 0 aromatic carbocycles. The Morgan fingerprint density at radius 1 is 1.17 bits per heavy atom. The quantitative estimate of drug-likeness (QED) is 0.224. The average Bonchev–Trinajstić information content (AvgIpc) is 2.05. The zero-order chi connectivity index (χ0) is 9.44. The Balaban J connectivity index is -0.000000249. The van der Waals surface area contributed by atoms with E-state index in [-0.39, 0.29) is 29.6 Å². The van der Waals surface area contributed by atoms with Crippen LogP contribution in [0, 0.1) is 0 Å². The number of aliphatic carboxylic acids is 1. The summed E-state index contributed by atoms with van der Waals surface area (Å²) in [7, 11) is 0. The van der Waals surface area contributed by atoms with Crippen LogP contribution in [0.1, 0.15) is 0 Å². The molecule has 0 bridgehead atoms. The second-order valence-electron chi connectivity index (χ2n) is 1.07. The molecule has 0 heterocycles. The van der Waals surface area contributed by atoms with Gasteiger partial charge in [0, 0.05) is 6.29 Å². The fourth-order valence-electron chi connectivity index (χ4n) is 0.143. The maximum atomic E-state index is 9.86. The first-order chi connectivity index (χ1) is 5.09. The van der Waals surface area contributed by atoms with Crippen molar-refractivity contribution >= 4 is 23.8 Å². The van der Waals surface area contributed by atoms with Gasteiger partial charge in [-0.15, -0.1) is 0 Å². The summed E-state index contributed by atoms with van der Waals surface area (Å²) in [6, 6.07) is 0. The van der Waals surface area contributed by atoms with Crippen molar-refractivity contribution in [3.05, 3.63) is 0 Å². The molecule has 0 unspecified atom stereocenters. The first-order valence-electron chi connectivity index (χ1n) is 1.93. The van der Waals surface area contributed by atoms with Crippen LogP contribution in [-0.4, -0.2) is 28.9 Å². The Kier molecular flexibility index (Phi) is 16.0. The molecule has 63 valence electrons. The number of carboxylic acids is 1. The first kappa shape index (κ1) is 17.8. The topological polar surface area (TPSA) is 106 Å². The Morgan fingerprint density at radius 3 is 1.58 bits per heavy atom. The predicted octanol–water partition coefficient (Wildman–Crippen LogP) is -4.80. The van der Waals surface area contributed by atoms with Gasteiger partial charge in [0.25, 0.3) is 5.97 Å². The van der Waals surface area contributed by atoms with Gasteiger partial charge in [0.1, 0.15) is 5.78 Å². The molecule has 0 atom stereocenters. The van der Waals surface area contributed by atoms with Crippen LogP contribution in [0.5, 0.6) is 0 Å². The number of rotatable bonds is 3. The van der Waals surface area contributed by atoms with Crippen molar-refractivity contribution in [2.75, 3.05) is 0 Å². The molecule has 0 rings (SSSR count). The van der Waals surface area contributed by atoms with E-state index >= 15 is 0 Å². The molecule has 0 amide bonds. The monoisotopic (exact) mass is 227 g/mol. The van der Waals surface area contributed by atoms with Crippen LogP contribution < -0.4 is 29.6 Å². The van der Waals surface area contributed by atoms with E-state index in [2.05, 4.69) is 15.7 Å². The number of carbonyl (C=O) groups is 3. The van der Waals surface area contributed by atoms with Crippen molar-refractivity contribution in [2.24, 2.45) is 0 Å². The van der Waals surface area contributed by atoms with Gasteiger partial charge in [0.05, 0.1) is 0 Å². The summed E-state index contributed by atoms with van der Waals surface area (Å²) in [5.41, 5.74) is 0. The number of ketones is 2. The fourth-order valence-corrected chi connectivity index (χ4v) is 0.143. The number of hydrogen-bond acceptors (Lipinski definition) is 5. The van der Waals surface area contributed by atoms with E-state index in [9.17, 15) is 19.2 Å². The van der Waals surface area contributed by atoms with E-state index < -0.39 is 17.5 Å². The van der Waals surface area contributed by atoms with Crippen molar-refractivity contribution in [1.82, 2.24) is 0 Å². The first-order valence-corrected chi connectivity index (χ1v) is 2.35.